The molecule has 2 rings (SSSR count). The van der Waals surface area contributed by atoms with E-state index in [1.807, 2.05) is 0 Å². The van der Waals surface area contributed by atoms with E-state index >= 15 is 0 Å². The summed E-state index contributed by atoms with van der Waals surface area (Å²) >= 11 is 0. The average Bonchev–Trinajstić information content (AvgIpc) is 2.92. The van der Waals surface area contributed by atoms with Crippen LogP contribution in [-0.2, 0) is 4.74 Å². The van der Waals surface area contributed by atoms with Crippen LogP contribution in [0.5, 0.6) is 0 Å². The zero-order chi connectivity index (χ0) is 13.8. The molecule has 0 atom stereocenters. The van der Waals surface area contributed by atoms with Crippen LogP contribution in [0.25, 0.3) is 11.5 Å². The lowest BCUT2D eigenvalue weighted by Gasteiger charge is -2.08. The highest BCUT2D eigenvalue weighted by molar-refractivity contribution is 5.90. The Labute approximate surface area is 107 Å². The second kappa shape index (κ2) is 5.55. The molecule has 5 nitrogen and oxygen atoms in total. The Morgan fingerprint density at radius 2 is 2.32 bits per heavy atom. The maximum atomic E-state index is 12.9. The van der Waals surface area contributed by atoms with Crippen molar-refractivity contribution < 1.29 is 18.3 Å². The fourth-order valence-electron chi connectivity index (χ4n) is 1.53. The van der Waals surface area contributed by atoms with Crippen molar-refractivity contribution in [3.05, 3.63) is 35.8 Å². The summed E-state index contributed by atoms with van der Waals surface area (Å²) in [6.07, 6.45) is -0.195. The molecule has 0 saturated heterocycles. The van der Waals surface area contributed by atoms with E-state index in [0.29, 0.717) is 5.69 Å². The number of aromatic amines is 1. The molecular weight excluding hydrogens is 256 g/mol. The lowest BCUT2D eigenvalue weighted by atomic mass is 10.2. The molecule has 0 aromatic carbocycles. The SMILES string of the molecule is CCOC(=O)c1cnc(-c2ccc[nH]2)nc1C(F)F. The Hall–Kier alpha value is -2.31. The summed E-state index contributed by atoms with van der Waals surface area (Å²) < 4.78 is 30.6. The van der Waals surface area contributed by atoms with E-state index in [4.69, 9.17) is 0 Å². The van der Waals surface area contributed by atoms with Crippen LogP contribution in [0.4, 0.5) is 8.78 Å². The molecule has 0 aliphatic carbocycles. The molecule has 1 N–H and O–H groups in total. The molecular formula is C12H11F2N3O2. The van der Waals surface area contributed by atoms with Gasteiger partial charge < -0.3 is 9.72 Å². The van der Waals surface area contributed by atoms with Gasteiger partial charge >= 0.3 is 5.97 Å². The fraction of sp³-hybridized carbons (Fsp3) is 0.250. The van der Waals surface area contributed by atoms with Crippen LogP contribution in [-0.4, -0.2) is 27.5 Å². The largest absolute Gasteiger partial charge is 0.462 e. The number of nitrogens with zero attached hydrogens (tertiary/aromatic N) is 2. The summed E-state index contributed by atoms with van der Waals surface area (Å²) in [5.74, 6) is -0.746. The molecule has 2 heterocycles. The second-order valence-electron chi connectivity index (χ2n) is 3.60. The van der Waals surface area contributed by atoms with Crippen molar-refractivity contribution in [3.63, 3.8) is 0 Å². The van der Waals surface area contributed by atoms with Gasteiger partial charge in [-0.05, 0) is 19.1 Å². The molecule has 0 amide bonds. The van der Waals surface area contributed by atoms with E-state index in [2.05, 4.69) is 19.7 Å². The first-order valence-electron chi connectivity index (χ1n) is 5.59. The normalized spacial score (nSPS) is 10.7. The summed E-state index contributed by atoms with van der Waals surface area (Å²) in [5.41, 5.74) is -0.442. The van der Waals surface area contributed by atoms with Gasteiger partial charge in [0.05, 0.1) is 12.3 Å². The lowest BCUT2D eigenvalue weighted by Crippen LogP contribution is -2.11. The van der Waals surface area contributed by atoms with Gasteiger partial charge in [-0.2, -0.15) is 0 Å². The zero-order valence-electron chi connectivity index (χ0n) is 10.1. The van der Waals surface area contributed by atoms with E-state index in [-0.39, 0.29) is 18.0 Å². The molecule has 0 radical (unpaired) electrons. The van der Waals surface area contributed by atoms with E-state index in [1.165, 1.54) is 0 Å². The Balaban J connectivity index is 2.44. The van der Waals surface area contributed by atoms with Crippen molar-refractivity contribution in [3.8, 4) is 11.5 Å². The summed E-state index contributed by atoms with van der Waals surface area (Å²) in [6, 6.07) is 3.34. The first-order chi connectivity index (χ1) is 9.13. The quantitative estimate of drug-likeness (QED) is 0.864. The van der Waals surface area contributed by atoms with Crippen molar-refractivity contribution in [2.45, 2.75) is 13.3 Å². The number of carbonyl (C=O) groups is 1. The molecule has 100 valence electrons. The minimum atomic E-state index is -2.88. The first-order valence-corrected chi connectivity index (χ1v) is 5.59. The molecule has 2 aromatic rings. The van der Waals surface area contributed by atoms with E-state index in [9.17, 15) is 13.6 Å². The topological polar surface area (TPSA) is 67.9 Å². The third-order valence-corrected chi connectivity index (χ3v) is 2.36. The van der Waals surface area contributed by atoms with Gasteiger partial charge in [0.25, 0.3) is 6.43 Å². The third-order valence-electron chi connectivity index (χ3n) is 2.36. The molecule has 0 bridgehead atoms. The van der Waals surface area contributed by atoms with Crippen LogP contribution in [0.15, 0.2) is 24.5 Å². The number of nitrogens with one attached hydrogen (secondary N) is 1. The summed E-state index contributed by atoms with van der Waals surface area (Å²) in [5, 5.41) is 0. The molecule has 7 heteroatoms. The monoisotopic (exact) mass is 267 g/mol. The van der Waals surface area contributed by atoms with Gasteiger partial charge in [0.15, 0.2) is 5.82 Å². The minimum absolute atomic E-state index is 0.0971. The molecule has 0 fully saturated rings. The van der Waals surface area contributed by atoms with E-state index < -0.39 is 18.1 Å². The number of halogens is 2. The Morgan fingerprint density at radius 3 is 2.89 bits per heavy atom. The number of carbonyl (C=O) groups excluding carboxylic acids is 1. The standard InChI is InChI=1S/C12H11F2N3O2/c1-2-19-12(18)7-6-16-11(8-4-3-5-15-8)17-9(7)10(13)14/h3-6,10,15H,2H2,1H3. The van der Waals surface area contributed by atoms with Crippen LogP contribution >= 0.6 is 0 Å². The maximum Gasteiger partial charge on any atom is 0.341 e. The molecule has 0 saturated carbocycles. The maximum absolute atomic E-state index is 12.9. The molecule has 0 aliphatic rings. The van der Waals surface area contributed by atoms with Crippen LogP contribution in [0.2, 0.25) is 0 Å². The van der Waals surface area contributed by atoms with Gasteiger partial charge in [0, 0.05) is 12.4 Å². The molecule has 0 unspecified atom stereocenters. The number of esters is 1. The van der Waals surface area contributed by atoms with Crippen LogP contribution in [0.1, 0.15) is 29.4 Å². The third kappa shape index (κ3) is 2.75. The average molecular weight is 267 g/mol. The van der Waals surface area contributed by atoms with Crippen molar-refractivity contribution in [1.82, 2.24) is 15.0 Å². The Morgan fingerprint density at radius 1 is 1.53 bits per heavy atom. The van der Waals surface area contributed by atoms with Gasteiger partial charge in [0.2, 0.25) is 0 Å². The zero-order valence-corrected chi connectivity index (χ0v) is 10.1. The van der Waals surface area contributed by atoms with Gasteiger partial charge in [-0.3, -0.25) is 0 Å². The van der Waals surface area contributed by atoms with Crippen molar-refractivity contribution in [2.24, 2.45) is 0 Å². The smallest absolute Gasteiger partial charge is 0.341 e. The lowest BCUT2D eigenvalue weighted by molar-refractivity contribution is 0.0513. The minimum Gasteiger partial charge on any atom is -0.462 e. The Kier molecular flexibility index (Phi) is 3.84. The summed E-state index contributed by atoms with van der Waals surface area (Å²) in [7, 11) is 0. The highest BCUT2D eigenvalue weighted by atomic mass is 19.3. The van der Waals surface area contributed by atoms with Crippen LogP contribution in [0.3, 0.4) is 0 Å². The van der Waals surface area contributed by atoms with Crippen molar-refractivity contribution in [1.29, 1.82) is 0 Å². The van der Waals surface area contributed by atoms with Crippen molar-refractivity contribution >= 4 is 5.97 Å². The number of ether oxygens (including phenoxy) is 1. The van der Waals surface area contributed by atoms with Crippen LogP contribution in [0, 0.1) is 0 Å². The summed E-state index contributed by atoms with van der Waals surface area (Å²) in [4.78, 5) is 21.9. The van der Waals surface area contributed by atoms with E-state index in [1.54, 1.807) is 25.3 Å². The van der Waals surface area contributed by atoms with Gasteiger partial charge in [0.1, 0.15) is 11.3 Å². The van der Waals surface area contributed by atoms with Gasteiger partial charge in [-0.1, -0.05) is 0 Å². The molecule has 0 aliphatic heterocycles. The number of hydrogen-bond acceptors (Lipinski definition) is 4. The van der Waals surface area contributed by atoms with Gasteiger partial charge in [-0.15, -0.1) is 0 Å². The Bertz CT molecular complexity index is 570. The predicted octanol–water partition coefficient (Wildman–Crippen LogP) is 2.59. The fourth-order valence-corrected chi connectivity index (χ4v) is 1.53. The molecule has 2 aromatic heterocycles. The number of hydrogen-bond donors (Lipinski definition) is 1. The van der Waals surface area contributed by atoms with Crippen molar-refractivity contribution in [2.75, 3.05) is 6.61 Å². The van der Waals surface area contributed by atoms with Gasteiger partial charge in [-0.25, -0.2) is 23.5 Å². The highest BCUT2D eigenvalue weighted by Gasteiger charge is 2.23. The number of rotatable bonds is 4. The second-order valence-corrected chi connectivity index (χ2v) is 3.60. The number of H-pyrrole nitrogens is 1. The summed E-state index contributed by atoms with van der Waals surface area (Å²) in [6.45, 7) is 1.69. The van der Waals surface area contributed by atoms with Crippen LogP contribution < -0.4 is 0 Å². The van der Waals surface area contributed by atoms with E-state index in [0.717, 1.165) is 6.20 Å². The number of alkyl halides is 2. The molecule has 0 spiro atoms. The molecule has 19 heavy (non-hydrogen) atoms. The number of aromatic nitrogens is 3. The highest BCUT2D eigenvalue weighted by Crippen LogP contribution is 2.23. The first kappa shape index (κ1) is 13.1. The predicted molar refractivity (Wildman–Crippen MR) is 62.7 cm³/mol.